The Morgan fingerprint density at radius 1 is 0.967 bits per heavy atom. The van der Waals surface area contributed by atoms with E-state index >= 15 is 0 Å². The molecule has 8 nitrogen and oxygen atoms in total. The fourth-order valence-electron chi connectivity index (χ4n) is 2.78. The molecule has 0 saturated carbocycles. The summed E-state index contributed by atoms with van der Waals surface area (Å²) in [6, 6.07) is 22.9. The molecule has 4 aromatic rings. The minimum Gasteiger partial charge on any atom is -0.508 e. The molecule has 0 unspecified atom stereocenters. The van der Waals surface area contributed by atoms with Crippen molar-refractivity contribution in [3.8, 4) is 28.6 Å². The fourth-order valence-corrected chi connectivity index (χ4v) is 2.78. The quantitative estimate of drug-likeness (QED) is 0.353. The zero-order valence-corrected chi connectivity index (χ0v) is 15.7. The molecule has 1 amide bonds. The van der Waals surface area contributed by atoms with E-state index in [1.165, 1.54) is 24.4 Å². The van der Waals surface area contributed by atoms with Gasteiger partial charge in [0.05, 0.1) is 11.9 Å². The van der Waals surface area contributed by atoms with E-state index in [1.807, 2.05) is 60.7 Å². The summed E-state index contributed by atoms with van der Waals surface area (Å²) in [5, 5.41) is 27.3. The normalized spacial score (nSPS) is 10.9. The Labute approximate surface area is 171 Å². The van der Waals surface area contributed by atoms with Crippen molar-refractivity contribution in [3.05, 3.63) is 90.3 Å². The number of phenolic OH excluding ortho intramolecular Hbond substituents is 2. The Bertz CT molecular complexity index is 1150. The third-order valence-corrected chi connectivity index (χ3v) is 4.23. The summed E-state index contributed by atoms with van der Waals surface area (Å²) in [4.78, 5) is 16.9. The van der Waals surface area contributed by atoms with E-state index in [0.29, 0.717) is 11.4 Å². The maximum atomic E-state index is 12.5. The second kappa shape index (κ2) is 8.27. The highest BCUT2D eigenvalue weighted by Gasteiger charge is 2.18. The number of para-hydroxylation sites is 1. The maximum Gasteiger partial charge on any atom is 0.311 e. The number of benzene rings is 3. The lowest BCUT2D eigenvalue weighted by Crippen LogP contribution is -2.19. The molecule has 30 heavy (non-hydrogen) atoms. The molecule has 1 aromatic heterocycles. The zero-order valence-electron chi connectivity index (χ0n) is 15.7. The maximum absolute atomic E-state index is 12.5. The third kappa shape index (κ3) is 4.02. The van der Waals surface area contributed by atoms with Gasteiger partial charge in [-0.25, -0.2) is 15.1 Å². The molecular formula is C22H17N5O3. The molecule has 0 radical (unpaired) electrons. The number of phenols is 2. The number of hydrogen-bond donors (Lipinski definition) is 3. The summed E-state index contributed by atoms with van der Waals surface area (Å²) in [5.41, 5.74) is 4.26. The predicted octanol–water partition coefficient (Wildman–Crippen LogP) is 3.11. The van der Waals surface area contributed by atoms with Gasteiger partial charge in [-0.3, -0.25) is 4.79 Å². The van der Waals surface area contributed by atoms with Crippen LogP contribution in [0.4, 0.5) is 0 Å². The van der Waals surface area contributed by atoms with Crippen molar-refractivity contribution in [1.82, 2.24) is 20.2 Å². The van der Waals surface area contributed by atoms with Gasteiger partial charge in [0.1, 0.15) is 11.5 Å². The van der Waals surface area contributed by atoms with E-state index in [2.05, 4.69) is 20.6 Å². The summed E-state index contributed by atoms with van der Waals surface area (Å²) in [6.07, 6.45) is 1.26. The number of carbonyl (C=O) groups is 1. The Kier molecular flexibility index (Phi) is 5.21. The van der Waals surface area contributed by atoms with Crippen molar-refractivity contribution in [2.75, 3.05) is 0 Å². The molecule has 3 aromatic carbocycles. The van der Waals surface area contributed by atoms with Crippen LogP contribution in [-0.4, -0.2) is 37.1 Å². The summed E-state index contributed by atoms with van der Waals surface area (Å²) < 4.78 is 1.60. The number of aromatic nitrogens is 3. The van der Waals surface area contributed by atoms with Crippen molar-refractivity contribution in [2.45, 2.75) is 0 Å². The number of carbonyl (C=O) groups excluding carboxylic acids is 1. The smallest absolute Gasteiger partial charge is 0.311 e. The largest absolute Gasteiger partial charge is 0.508 e. The first-order valence-electron chi connectivity index (χ1n) is 9.05. The van der Waals surface area contributed by atoms with Crippen LogP contribution in [-0.2, 0) is 0 Å². The van der Waals surface area contributed by atoms with E-state index in [0.717, 1.165) is 11.3 Å². The summed E-state index contributed by atoms with van der Waals surface area (Å²) in [5.74, 6) is -0.364. The lowest BCUT2D eigenvalue weighted by atomic mass is 10.2. The molecule has 3 N–H and O–H groups in total. The summed E-state index contributed by atoms with van der Waals surface area (Å²) in [7, 11) is 0. The first kappa shape index (κ1) is 18.9. The van der Waals surface area contributed by atoms with Gasteiger partial charge in [-0.2, -0.15) is 5.10 Å². The molecule has 1 heterocycles. The minimum atomic E-state index is -0.601. The highest BCUT2D eigenvalue weighted by molar-refractivity contribution is 5.92. The molecular weight excluding hydrogens is 382 g/mol. The van der Waals surface area contributed by atoms with Crippen LogP contribution in [0.2, 0.25) is 0 Å². The average Bonchev–Trinajstić information content (AvgIpc) is 3.22. The van der Waals surface area contributed by atoms with Crippen molar-refractivity contribution in [3.63, 3.8) is 0 Å². The standard InChI is InChI=1S/C22H17N5O3/c28-18-12-11-16(19(29)13-18)14-23-25-22(30)20-24-21(15-7-3-1-4-8-15)27(26-20)17-9-5-2-6-10-17/h1-14,28-29H,(H,25,30)/b23-14+. The van der Waals surface area contributed by atoms with Crippen LogP contribution in [0.5, 0.6) is 11.5 Å². The zero-order chi connectivity index (χ0) is 20.9. The van der Waals surface area contributed by atoms with Crippen LogP contribution < -0.4 is 5.43 Å². The van der Waals surface area contributed by atoms with Crippen LogP contribution in [0.25, 0.3) is 17.1 Å². The van der Waals surface area contributed by atoms with Crippen molar-refractivity contribution >= 4 is 12.1 Å². The lowest BCUT2D eigenvalue weighted by molar-refractivity contribution is 0.0945. The fraction of sp³-hybridized carbons (Fsp3) is 0. The number of hydrogen-bond acceptors (Lipinski definition) is 6. The van der Waals surface area contributed by atoms with Crippen LogP contribution in [0.3, 0.4) is 0 Å². The van der Waals surface area contributed by atoms with Gasteiger partial charge in [0, 0.05) is 17.2 Å². The molecule has 0 aliphatic heterocycles. The van der Waals surface area contributed by atoms with E-state index in [1.54, 1.807) is 4.68 Å². The first-order chi connectivity index (χ1) is 14.6. The van der Waals surface area contributed by atoms with Crippen LogP contribution >= 0.6 is 0 Å². The molecule has 0 spiro atoms. The van der Waals surface area contributed by atoms with E-state index in [-0.39, 0.29) is 17.3 Å². The van der Waals surface area contributed by atoms with Gasteiger partial charge in [-0.15, -0.1) is 5.10 Å². The topological polar surface area (TPSA) is 113 Å². The molecule has 0 atom stereocenters. The van der Waals surface area contributed by atoms with Crippen molar-refractivity contribution in [1.29, 1.82) is 0 Å². The van der Waals surface area contributed by atoms with Gasteiger partial charge < -0.3 is 10.2 Å². The molecule has 4 rings (SSSR count). The Balaban J connectivity index is 1.61. The second-order valence-corrected chi connectivity index (χ2v) is 6.31. The Hall–Kier alpha value is -4.46. The third-order valence-electron chi connectivity index (χ3n) is 4.23. The molecule has 148 valence electrons. The number of nitrogens with zero attached hydrogens (tertiary/aromatic N) is 4. The number of nitrogens with one attached hydrogen (secondary N) is 1. The van der Waals surface area contributed by atoms with Gasteiger partial charge >= 0.3 is 5.91 Å². The Morgan fingerprint density at radius 3 is 2.37 bits per heavy atom. The number of hydrazone groups is 1. The molecule has 8 heteroatoms. The average molecular weight is 399 g/mol. The highest BCUT2D eigenvalue weighted by Crippen LogP contribution is 2.22. The van der Waals surface area contributed by atoms with Crippen LogP contribution in [0, 0.1) is 0 Å². The minimum absolute atomic E-state index is 0.0511. The molecule has 0 aliphatic rings. The monoisotopic (exact) mass is 399 g/mol. The lowest BCUT2D eigenvalue weighted by Gasteiger charge is -2.05. The SMILES string of the molecule is O=C(N/N=C/c1ccc(O)cc1O)c1nc(-c2ccccc2)n(-c2ccccc2)n1. The summed E-state index contributed by atoms with van der Waals surface area (Å²) >= 11 is 0. The van der Waals surface area contributed by atoms with Gasteiger partial charge in [-0.1, -0.05) is 48.5 Å². The molecule has 0 bridgehead atoms. The van der Waals surface area contributed by atoms with E-state index < -0.39 is 5.91 Å². The van der Waals surface area contributed by atoms with E-state index in [4.69, 9.17) is 0 Å². The summed E-state index contributed by atoms with van der Waals surface area (Å²) in [6.45, 7) is 0. The highest BCUT2D eigenvalue weighted by atomic mass is 16.3. The number of rotatable bonds is 5. The Morgan fingerprint density at radius 2 is 1.67 bits per heavy atom. The molecule has 0 fully saturated rings. The van der Waals surface area contributed by atoms with Crippen LogP contribution in [0.1, 0.15) is 16.2 Å². The van der Waals surface area contributed by atoms with Gasteiger partial charge in [0.15, 0.2) is 5.82 Å². The van der Waals surface area contributed by atoms with E-state index in [9.17, 15) is 15.0 Å². The van der Waals surface area contributed by atoms with Gasteiger partial charge in [0.2, 0.25) is 5.82 Å². The second-order valence-electron chi connectivity index (χ2n) is 6.31. The predicted molar refractivity (Wildman–Crippen MR) is 112 cm³/mol. The molecule has 0 aliphatic carbocycles. The van der Waals surface area contributed by atoms with Crippen LogP contribution in [0.15, 0.2) is 84.0 Å². The number of aromatic hydroxyl groups is 2. The van der Waals surface area contributed by atoms with Gasteiger partial charge in [0.25, 0.3) is 0 Å². The first-order valence-corrected chi connectivity index (χ1v) is 9.05. The number of amides is 1. The van der Waals surface area contributed by atoms with Crippen molar-refractivity contribution < 1.29 is 15.0 Å². The van der Waals surface area contributed by atoms with Crippen molar-refractivity contribution in [2.24, 2.45) is 5.10 Å². The van der Waals surface area contributed by atoms with Gasteiger partial charge in [-0.05, 0) is 24.3 Å². The molecule has 0 saturated heterocycles.